The Morgan fingerprint density at radius 3 is 2.82 bits per heavy atom. The Bertz CT molecular complexity index is 573. The van der Waals surface area contributed by atoms with Crippen molar-refractivity contribution in [1.82, 2.24) is 4.98 Å². The Balaban J connectivity index is 2.31. The molecule has 0 atom stereocenters. The van der Waals surface area contributed by atoms with E-state index in [-0.39, 0.29) is 26.0 Å². The van der Waals surface area contributed by atoms with E-state index in [4.69, 9.17) is 27.9 Å². The van der Waals surface area contributed by atoms with E-state index in [2.05, 4.69) is 4.98 Å². The Labute approximate surface area is 110 Å². The molecule has 0 aliphatic carbocycles. The fraction of sp³-hybridized carbons (Fsp3) is 0. The molecule has 7 heteroatoms. The molecule has 0 unspecified atom stereocenters. The maximum Gasteiger partial charge on any atom is 0.280 e. The molecule has 0 saturated heterocycles. The highest BCUT2D eigenvalue weighted by atomic mass is 35.5. The zero-order valence-corrected chi connectivity index (χ0v) is 10.4. The molecule has 0 saturated carbocycles. The van der Waals surface area contributed by atoms with Crippen LogP contribution in [-0.4, -0.2) is 11.3 Å². The summed E-state index contributed by atoms with van der Waals surface area (Å²) in [7, 11) is 0. The predicted octanol–water partition coefficient (Wildman–Crippen LogP) is 4.19. The predicted molar refractivity (Wildman–Crippen MR) is 64.0 cm³/mol. The Hall–Kier alpha value is -1.17. The number of aldehydes is 1. The minimum atomic E-state index is -0.687. The van der Waals surface area contributed by atoms with Crippen LogP contribution < -0.4 is 4.74 Å². The first-order chi connectivity index (χ1) is 8.11. The third-order valence-corrected chi connectivity index (χ3v) is 3.36. The van der Waals surface area contributed by atoms with Crippen molar-refractivity contribution in [3.8, 4) is 10.9 Å². The van der Waals surface area contributed by atoms with Crippen LogP contribution in [0.1, 0.15) is 9.67 Å². The van der Waals surface area contributed by atoms with Gasteiger partial charge in [0.05, 0.1) is 5.02 Å². The van der Waals surface area contributed by atoms with Crippen LogP contribution in [0.5, 0.6) is 10.9 Å². The Kier molecular flexibility index (Phi) is 3.61. The van der Waals surface area contributed by atoms with Crippen molar-refractivity contribution in [1.29, 1.82) is 0 Å². The Morgan fingerprint density at radius 1 is 1.41 bits per heavy atom. The summed E-state index contributed by atoms with van der Waals surface area (Å²) in [5.41, 5.74) is 0. The minimum absolute atomic E-state index is 0.0300. The van der Waals surface area contributed by atoms with Crippen LogP contribution in [0.4, 0.5) is 4.39 Å². The highest BCUT2D eigenvalue weighted by Crippen LogP contribution is 2.33. The number of carbonyl (C=O) groups is 1. The fourth-order valence-corrected chi connectivity index (χ4v) is 2.15. The van der Waals surface area contributed by atoms with Crippen molar-refractivity contribution in [2.24, 2.45) is 0 Å². The standard InChI is InChI=1S/C10H4Cl2FNO2S/c11-5-2-1-3-6(8(5)13)16-10-14-9(12)7(4-15)17-10/h1-4H. The van der Waals surface area contributed by atoms with Gasteiger partial charge in [0, 0.05) is 0 Å². The SMILES string of the molecule is O=Cc1sc(Oc2cccc(Cl)c2F)nc1Cl. The van der Waals surface area contributed by atoms with E-state index in [0.29, 0.717) is 6.29 Å². The summed E-state index contributed by atoms with van der Waals surface area (Å²) >= 11 is 12.2. The zero-order chi connectivity index (χ0) is 12.4. The fourth-order valence-electron chi connectivity index (χ4n) is 1.07. The number of rotatable bonds is 3. The van der Waals surface area contributed by atoms with E-state index < -0.39 is 5.82 Å². The number of halogens is 3. The van der Waals surface area contributed by atoms with Crippen LogP contribution in [0.2, 0.25) is 10.2 Å². The van der Waals surface area contributed by atoms with Crippen molar-refractivity contribution >= 4 is 40.8 Å². The van der Waals surface area contributed by atoms with E-state index in [0.717, 1.165) is 11.3 Å². The molecular weight excluding hydrogens is 288 g/mol. The molecule has 0 radical (unpaired) electrons. The summed E-state index contributed by atoms with van der Waals surface area (Å²) in [6.07, 6.45) is 0.557. The summed E-state index contributed by atoms with van der Waals surface area (Å²) in [5, 5.41) is 0.0569. The molecule has 0 amide bonds. The van der Waals surface area contributed by atoms with E-state index in [9.17, 15) is 9.18 Å². The summed E-state index contributed by atoms with van der Waals surface area (Å²) in [6.45, 7) is 0. The molecular formula is C10H4Cl2FNO2S. The lowest BCUT2D eigenvalue weighted by atomic mass is 10.3. The molecule has 0 bridgehead atoms. The van der Waals surface area contributed by atoms with Gasteiger partial charge in [-0.05, 0) is 12.1 Å². The third-order valence-electron chi connectivity index (χ3n) is 1.81. The van der Waals surface area contributed by atoms with Gasteiger partial charge in [-0.1, -0.05) is 40.6 Å². The summed E-state index contributed by atoms with van der Waals surface area (Å²) in [5.74, 6) is -0.756. The molecule has 0 N–H and O–H groups in total. The molecule has 2 rings (SSSR count). The summed E-state index contributed by atoms with van der Waals surface area (Å²) < 4.78 is 18.7. The zero-order valence-electron chi connectivity index (χ0n) is 8.12. The second-order valence-corrected chi connectivity index (χ2v) is 4.67. The molecule has 17 heavy (non-hydrogen) atoms. The van der Waals surface area contributed by atoms with Crippen LogP contribution in [0, 0.1) is 5.82 Å². The van der Waals surface area contributed by atoms with Gasteiger partial charge in [-0.25, -0.2) is 4.39 Å². The van der Waals surface area contributed by atoms with Crippen LogP contribution in [0.25, 0.3) is 0 Å². The normalized spacial score (nSPS) is 10.3. The summed E-state index contributed by atoms with van der Waals surface area (Å²) in [6, 6.07) is 4.34. The number of benzene rings is 1. The van der Waals surface area contributed by atoms with Crippen LogP contribution in [-0.2, 0) is 0 Å². The first kappa shape index (κ1) is 12.3. The third kappa shape index (κ3) is 2.57. The minimum Gasteiger partial charge on any atom is -0.428 e. The monoisotopic (exact) mass is 291 g/mol. The number of hydrogen-bond acceptors (Lipinski definition) is 4. The van der Waals surface area contributed by atoms with Crippen molar-refractivity contribution in [2.45, 2.75) is 0 Å². The number of thiazole rings is 1. The average molecular weight is 292 g/mol. The molecule has 0 aliphatic heterocycles. The Morgan fingerprint density at radius 2 is 2.18 bits per heavy atom. The van der Waals surface area contributed by atoms with Crippen molar-refractivity contribution in [3.63, 3.8) is 0 Å². The lowest BCUT2D eigenvalue weighted by molar-refractivity contribution is 0.112. The smallest absolute Gasteiger partial charge is 0.280 e. The number of hydrogen-bond donors (Lipinski definition) is 0. The number of ether oxygens (including phenoxy) is 1. The van der Waals surface area contributed by atoms with Gasteiger partial charge in [0.1, 0.15) is 4.88 Å². The largest absolute Gasteiger partial charge is 0.428 e. The first-order valence-electron chi connectivity index (χ1n) is 4.35. The molecule has 1 heterocycles. The van der Waals surface area contributed by atoms with Gasteiger partial charge >= 0.3 is 0 Å². The van der Waals surface area contributed by atoms with Gasteiger partial charge in [0.25, 0.3) is 5.19 Å². The van der Waals surface area contributed by atoms with Gasteiger partial charge in [0.15, 0.2) is 23.0 Å². The lowest BCUT2D eigenvalue weighted by Gasteiger charge is -2.03. The molecule has 2 aromatic rings. The second kappa shape index (κ2) is 5.00. The van der Waals surface area contributed by atoms with Gasteiger partial charge in [-0.3, -0.25) is 4.79 Å². The topological polar surface area (TPSA) is 39.2 Å². The molecule has 0 fully saturated rings. The van der Waals surface area contributed by atoms with Crippen molar-refractivity contribution < 1.29 is 13.9 Å². The molecule has 1 aromatic carbocycles. The quantitative estimate of drug-likeness (QED) is 0.796. The maximum atomic E-state index is 13.5. The second-order valence-electron chi connectivity index (χ2n) is 2.91. The summed E-state index contributed by atoms with van der Waals surface area (Å²) in [4.78, 5) is 14.5. The molecule has 88 valence electrons. The van der Waals surface area contributed by atoms with Crippen LogP contribution in [0.15, 0.2) is 18.2 Å². The van der Waals surface area contributed by atoms with Gasteiger partial charge in [-0.15, -0.1) is 0 Å². The van der Waals surface area contributed by atoms with E-state index in [1.165, 1.54) is 18.2 Å². The van der Waals surface area contributed by atoms with E-state index in [1.807, 2.05) is 0 Å². The van der Waals surface area contributed by atoms with Gasteiger partial charge in [0.2, 0.25) is 0 Å². The van der Waals surface area contributed by atoms with Gasteiger partial charge < -0.3 is 4.74 Å². The van der Waals surface area contributed by atoms with Crippen molar-refractivity contribution in [2.75, 3.05) is 0 Å². The lowest BCUT2D eigenvalue weighted by Crippen LogP contribution is -1.87. The number of aromatic nitrogens is 1. The molecule has 0 aliphatic rings. The number of carbonyl (C=O) groups excluding carboxylic acids is 1. The molecule has 3 nitrogen and oxygen atoms in total. The van der Waals surface area contributed by atoms with E-state index >= 15 is 0 Å². The van der Waals surface area contributed by atoms with Crippen molar-refractivity contribution in [3.05, 3.63) is 39.1 Å². The van der Waals surface area contributed by atoms with E-state index in [1.54, 1.807) is 0 Å². The highest BCUT2D eigenvalue weighted by Gasteiger charge is 2.13. The number of nitrogens with zero attached hydrogens (tertiary/aromatic N) is 1. The first-order valence-corrected chi connectivity index (χ1v) is 5.92. The molecule has 0 spiro atoms. The highest BCUT2D eigenvalue weighted by molar-refractivity contribution is 7.15. The van der Waals surface area contributed by atoms with Crippen LogP contribution in [0.3, 0.4) is 0 Å². The maximum absolute atomic E-state index is 13.5. The van der Waals surface area contributed by atoms with Gasteiger partial charge in [-0.2, -0.15) is 4.98 Å². The average Bonchev–Trinajstić information content (AvgIpc) is 2.65. The molecule has 1 aromatic heterocycles. The van der Waals surface area contributed by atoms with Crippen LogP contribution >= 0.6 is 34.5 Å².